The van der Waals surface area contributed by atoms with Gasteiger partial charge in [0.15, 0.2) is 6.61 Å². The Morgan fingerprint density at radius 2 is 2.19 bits per heavy atom. The molecule has 1 rings (SSSR count). The van der Waals surface area contributed by atoms with Gasteiger partial charge in [-0.15, -0.1) is 6.58 Å². The van der Waals surface area contributed by atoms with Crippen molar-refractivity contribution >= 4 is 33.9 Å². The van der Waals surface area contributed by atoms with Gasteiger partial charge in [-0.3, -0.25) is 4.79 Å². The van der Waals surface area contributed by atoms with Crippen LogP contribution in [0.25, 0.3) is 6.08 Å². The first-order valence-electron chi connectivity index (χ1n) is 6.15. The maximum atomic E-state index is 11.5. The fourth-order valence-electron chi connectivity index (χ4n) is 1.61. The third kappa shape index (κ3) is 5.83. The van der Waals surface area contributed by atoms with Crippen molar-refractivity contribution < 1.29 is 19.4 Å². The number of aryl methyl sites for hydroxylation is 1. The number of aliphatic carboxylic acids is 1. The summed E-state index contributed by atoms with van der Waals surface area (Å²) in [4.78, 5) is 22.2. The highest BCUT2D eigenvalue weighted by molar-refractivity contribution is 9.10. The molecular formula is C15H16BrNO4. The number of carbonyl (C=O) groups excluding carboxylic acids is 1. The summed E-state index contributed by atoms with van der Waals surface area (Å²) in [7, 11) is 0. The van der Waals surface area contributed by atoms with E-state index in [0.29, 0.717) is 17.9 Å². The highest BCUT2D eigenvalue weighted by Crippen LogP contribution is 2.29. The Morgan fingerprint density at radius 1 is 1.48 bits per heavy atom. The van der Waals surface area contributed by atoms with E-state index < -0.39 is 5.97 Å². The summed E-state index contributed by atoms with van der Waals surface area (Å²) in [6.07, 6.45) is 4.02. The number of rotatable bonds is 7. The number of benzene rings is 1. The fraction of sp³-hybridized carbons (Fsp3) is 0.200. The molecule has 0 aliphatic rings. The van der Waals surface area contributed by atoms with E-state index in [1.807, 2.05) is 13.0 Å². The summed E-state index contributed by atoms with van der Waals surface area (Å²) in [5.41, 5.74) is 1.38. The van der Waals surface area contributed by atoms with Crippen LogP contribution in [-0.2, 0) is 9.59 Å². The van der Waals surface area contributed by atoms with Crippen molar-refractivity contribution in [1.29, 1.82) is 0 Å². The van der Waals surface area contributed by atoms with Crippen LogP contribution in [0.15, 0.2) is 35.3 Å². The number of carbonyl (C=O) groups is 2. The van der Waals surface area contributed by atoms with Gasteiger partial charge in [0.1, 0.15) is 5.75 Å². The van der Waals surface area contributed by atoms with E-state index in [1.54, 1.807) is 12.1 Å². The van der Waals surface area contributed by atoms with Gasteiger partial charge in [0.2, 0.25) is 0 Å². The van der Waals surface area contributed by atoms with E-state index in [-0.39, 0.29) is 12.5 Å². The third-order valence-corrected chi connectivity index (χ3v) is 2.92. The van der Waals surface area contributed by atoms with Crippen molar-refractivity contribution in [2.24, 2.45) is 0 Å². The second-order valence-electron chi connectivity index (χ2n) is 4.19. The first-order chi connectivity index (χ1) is 9.93. The lowest BCUT2D eigenvalue weighted by molar-refractivity contribution is -0.131. The van der Waals surface area contributed by atoms with Gasteiger partial charge in [-0.2, -0.15) is 0 Å². The zero-order chi connectivity index (χ0) is 15.8. The summed E-state index contributed by atoms with van der Waals surface area (Å²) >= 11 is 3.34. The van der Waals surface area contributed by atoms with Gasteiger partial charge in [0, 0.05) is 22.7 Å². The zero-order valence-electron chi connectivity index (χ0n) is 11.6. The zero-order valence-corrected chi connectivity index (χ0v) is 13.1. The number of carboxylic acids is 1. The van der Waals surface area contributed by atoms with Crippen molar-refractivity contribution in [2.45, 2.75) is 6.92 Å². The molecule has 0 saturated carbocycles. The van der Waals surface area contributed by atoms with Crippen molar-refractivity contribution in [3.63, 3.8) is 0 Å². The van der Waals surface area contributed by atoms with Crippen LogP contribution in [0.4, 0.5) is 0 Å². The van der Waals surface area contributed by atoms with Gasteiger partial charge >= 0.3 is 5.97 Å². The maximum Gasteiger partial charge on any atom is 0.328 e. The predicted molar refractivity (Wildman–Crippen MR) is 84.3 cm³/mol. The van der Waals surface area contributed by atoms with Crippen LogP contribution in [0.1, 0.15) is 11.1 Å². The number of ether oxygens (including phenoxy) is 1. The van der Waals surface area contributed by atoms with Crippen LogP contribution in [0.2, 0.25) is 0 Å². The summed E-state index contributed by atoms with van der Waals surface area (Å²) in [5, 5.41) is 11.3. The molecule has 0 radical (unpaired) electrons. The Hall–Kier alpha value is -2.08. The van der Waals surface area contributed by atoms with Crippen LogP contribution in [-0.4, -0.2) is 30.1 Å². The van der Waals surface area contributed by atoms with E-state index in [4.69, 9.17) is 9.84 Å². The Balaban J connectivity index is 2.91. The minimum atomic E-state index is -1.05. The van der Waals surface area contributed by atoms with E-state index >= 15 is 0 Å². The van der Waals surface area contributed by atoms with E-state index in [0.717, 1.165) is 16.1 Å². The van der Waals surface area contributed by atoms with Crippen molar-refractivity contribution in [1.82, 2.24) is 5.32 Å². The van der Waals surface area contributed by atoms with E-state index in [2.05, 4.69) is 27.8 Å². The second-order valence-corrected chi connectivity index (χ2v) is 5.11. The molecule has 0 aromatic heterocycles. The van der Waals surface area contributed by atoms with E-state index in [1.165, 1.54) is 6.08 Å². The smallest absolute Gasteiger partial charge is 0.328 e. The molecule has 1 amide bonds. The summed E-state index contributed by atoms with van der Waals surface area (Å²) in [5.74, 6) is -0.850. The van der Waals surface area contributed by atoms with Gasteiger partial charge < -0.3 is 15.2 Å². The fourth-order valence-corrected chi connectivity index (χ4v) is 2.20. The van der Waals surface area contributed by atoms with Crippen molar-refractivity contribution in [2.75, 3.05) is 13.2 Å². The van der Waals surface area contributed by atoms with Gasteiger partial charge in [-0.25, -0.2) is 4.79 Å². The number of hydrogen-bond donors (Lipinski definition) is 2. The molecule has 112 valence electrons. The van der Waals surface area contributed by atoms with Gasteiger partial charge in [-0.1, -0.05) is 22.0 Å². The van der Waals surface area contributed by atoms with Crippen LogP contribution in [0.5, 0.6) is 5.75 Å². The minimum Gasteiger partial charge on any atom is -0.483 e. The Labute approximate surface area is 131 Å². The molecule has 21 heavy (non-hydrogen) atoms. The summed E-state index contributed by atoms with van der Waals surface area (Å²) < 4.78 is 6.30. The van der Waals surface area contributed by atoms with E-state index in [9.17, 15) is 9.59 Å². The lowest BCUT2D eigenvalue weighted by Crippen LogP contribution is -2.29. The SMILES string of the molecule is C=CCNC(=O)COc1c(C)cc(Br)cc1/C=C/C(=O)O. The first kappa shape index (κ1) is 17.0. The Kier molecular flexibility index (Phi) is 6.68. The molecule has 0 saturated heterocycles. The van der Waals surface area contributed by atoms with Gasteiger partial charge in [-0.05, 0) is 30.7 Å². The quantitative estimate of drug-likeness (QED) is 0.583. The number of amides is 1. The molecule has 1 aromatic carbocycles. The van der Waals surface area contributed by atoms with Gasteiger partial charge in [0.05, 0.1) is 0 Å². The largest absolute Gasteiger partial charge is 0.483 e. The van der Waals surface area contributed by atoms with Crippen LogP contribution in [0, 0.1) is 6.92 Å². The Bertz CT molecular complexity index is 581. The predicted octanol–water partition coefficient (Wildman–Crippen LogP) is 2.54. The molecule has 5 nitrogen and oxygen atoms in total. The molecular weight excluding hydrogens is 338 g/mol. The van der Waals surface area contributed by atoms with Gasteiger partial charge in [0.25, 0.3) is 5.91 Å². The maximum absolute atomic E-state index is 11.5. The highest BCUT2D eigenvalue weighted by atomic mass is 79.9. The first-order valence-corrected chi connectivity index (χ1v) is 6.95. The number of hydrogen-bond acceptors (Lipinski definition) is 3. The molecule has 0 aliphatic heterocycles. The average molecular weight is 354 g/mol. The number of carboxylic acid groups (broad SMARTS) is 1. The standard InChI is InChI=1S/C15H16BrNO4/c1-3-6-17-13(18)9-21-15-10(2)7-12(16)8-11(15)4-5-14(19)20/h3-5,7-8H,1,6,9H2,2H3,(H,17,18)(H,19,20)/b5-4+. The summed E-state index contributed by atoms with van der Waals surface area (Å²) in [6, 6.07) is 3.55. The molecule has 0 atom stereocenters. The topological polar surface area (TPSA) is 75.6 Å². The normalized spacial score (nSPS) is 10.4. The minimum absolute atomic E-state index is 0.149. The molecule has 1 aromatic rings. The lowest BCUT2D eigenvalue weighted by Gasteiger charge is -2.12. The molecule has 0 aliphatic carbocycles. The monoisotopic (exact) mass is 353 g/mol. The second kappa shape index (κ2) is 8.26. The average Bonchev–Trinajstić information content (AvgIpc) is 2.41. The van der Waals surface area contributed by atoms with Crippen molar-refractivity contribution in [3.8, 4) is 5.75 Å². The van der Waals surface area contributed by atoms with Crippen molar-refractivity contribution in [3.05, 3.63) is 46.5 Å². The molecule has 0 bridgehead atoms. The lowest BCUT2D eigenvalue weighted by atomic mass is 10.1. The molecule has 0 heterocycles. The molecule has 0 spiro atoms. The molecule has 6 heteroatoms. The van der Waals surface area contributed by atoms with Crippen LogP contribution >= 0.6 is 15.9 Å². The van der Waals surface area contributed by atoms with Crippen LogP contribution < -0.4 is 10.1 Å². The third-order valence-electron chi connectivity index (χ3n) is 2.46. The highest BCUT2D eigenvalue weighted by Gasteiger charge is 2.09. The molecule has 0 unspecified atom stereocenters. The summed E-state index contributed by atoms with van der Waals surface area (Å²) in [6.45, 7) is 5.54. The Morgan fingerprint density at radius 3 is 2.81 bits per heavy atom. The van der Waals surface area contributed by atoms with Crippen LogP contribution in [0.3, 0.4) is 0 Å². The number of halogens is 1. The molecule has 0 fully saturated rings. The number of nitrogens with one attached hydrogen (secondary N) is 1. The molecule has 2 N–H and O–H groups in total.